The van der Waals surface area contributed by atoms with E-state index in [1.54, 1.807) is 30.3 Å². The van der Waals surface area contributed by atoms with Gasteiger partial charge in [0.15, 0.2) is 0 Å². The first-order valence-corrected chi connectivity index (χ1v) is 9.23. The summed E-state index contributed by atoms with van der Waals surface area (Å²) in [7, 11) is 0. The molecule has 138 valence electrons. The number of hydrogen-bond donors (Lipinski definition) is 0. The Kier molecular flexibility index (Phi) is 6.62. The summed E-state index contributed by atoms with van der Waals surface area (Å²) in [4.78, 5) is 11.6. The summed E-state index contributed by atoms with van der Waals surface area (Å²) >= 11 is 17.9. The average Bonchev–Trinajstić information content (AvgIpc) is 2.66. The molecule has 3 rings (SSSR count). The topological polar surface area (TPSA) is 35.5 Å². The average molecular weight is 422 g/mol. The van der Waals surface area contributed by atoms with E-state index in [4.69, 9.17) is 44.3 Å². The van der Waals surface area contributed by atoms with Crippen LogP contribution < -0.4 is 9.47 Å². The monoisotopic (exact) mass is 420 g/mol. The molecule has 3 nitrogen and oxygen atoms in total. The van der Waals surface area contributed by atoms with Gasteiger partial charge in [0.1, 0.15) is 24.7 Å². The van der Waals surface area contributed by atoms with Crippen molar-refractivity contribution >= 4 is 40.0 Å². The molecule has 0 aromatic heterocycles. The van der Waals surface area contributed by atoms with Crippen molar-refractivity contribution in [2.24, 2.45) is 0 Å². The maximum absolute atomic E-state index is 11.6. The Morgan fingerprint density at radius 3 is 1.59 bits per heavy atom. The van der Waals surface area contributed by atoms with E-state index in [1.807, 2.05) is 36.4 Å². The molecule has 0 saturated heterocycles. The van der Waals surface area contributed by atoms with Crippen molar-refractivity contribution in [2.75, 3.05) is 0 Å². The van der Waals surface area contributed by atoms with E-state index in [2.05, 4.69) is 0 Å². The third-order valence-corrected chi connectivity index (χ3v) is 4.77. The van der Waals surface area contributed by atoms with Gasteiger partial charge in [0.05, 0.1) is 0 Å². The highest BCUT2D eigenvalue weighted by atomic mass is 35.5. The van der Waals surface area contributed by atoms with E-state index in [0.29, 0.717) is 21.5 Å². The first-order chi connectivity index (χ1) is 13.0. The quantitative estimate of drug-likeness (QED) is 0.407. The summed E-state index contributed by atoms with van der Waals surface area (Å²) in [6, 6.07) is 19.6. The molecule has 0 saturated carbocycles. The molecule has 0 heterocycles. The van der Waals surface area contributed by atoms with E-state index >= 15 is 0 Å². The highest BCUT2D eigenvalue weighted by Crippen LogP contribution is 2.27. The molecular formula is C21H15Cl3O3. The largest absolute Gasteiger partial charge is 0.489 e. The SMILES string of the molecule is O=C(Cl)c1cc(OCc2ccccc2Cl)cc(OCc2ccccc2Cl)c1. The van der Waals surface area contributed by atoms with Gasteiger partial charge >= 0.3 is 0 Å². The van der Waals surface area contributed by atoms with Crippen LogP contribution in [0.2, 0.25) is 10.0 Å². The lowest BCUT2D eigenvalue weighted by molar-refractivity contribution is 0.108. The second-order valence-corrected chi connectivity index (χ2v) is 6.88. The predicted molar refractivity (Wildman–Crippen MR) is 108 cm³/mol. The molecule has 0 aliphatic rings. The minimum absolute atomic E-state index is 0.254. The fourth-order valence-corrected chi connectivity index (χ4v) is 2.89. The standard InChI is InChI=1S/C21H15Cl3O3/c22-19-7-3-1-5-14(19)12-26-17-9-16(21(24)25)10-18(11-17)27-13-15-6-2-4-8-20(15)23/h1-11H,12-13H2. The highest BCUT2D eigenvalue weighted by Gasteiger charge is 2.10. The Bertz CT molecular complexity index is 889. The minimum atomic E-state index is -0.596. The van der Waals surface area contributed by atoms with Crippen LogP contribution >= 0.6 is 34.8 Å². The Balaban J connectivity index is 1.77. The summed E-state index contributed by atoms with van der Waals surface area (Å²) < 4.78 is 11.6. The normalized spacial score (nSPS) is 10.5. The molecule has 0 fully saturated rings. The summed E-state index contributed by atoms with van der Waals surface area (Å²) in [6.07, 6.45) is 0. The first kappa shape index (κ1) is 19.6. The molecule has 0 unspecified atom stereocenters. The van der Waals surface area contributed by atoms with Crippen LogP contribution in [-0.4, -0.2) is 5.24 Å². The van der Waals surface area contributed by atoms with Crippen LogP contribution in [-0.2, 0) is 13.2 Å². The van der Waals surface area contributed by atoms with Crippen molar-refractivity contribution in [1.82, 2.24) is 0 Å². The second kappa shape index (κ2) is 9.14. The zero-order valence-electron chi connectivity index (χ0n) is 14.1. The Hall–Kier alpha value is -2.20. The molecule has 0 aliphatic carbocycles. The molecule has 27 heavy (non-hydrogen) atoms. The van der Waals surface area contributed by atoms with Crippen LogP contribution in [0.15, 0.2) is 66.7 Å². The van der Waals surface area contributed by atoms with Gasteiger partial charge in [-0.1, -0.05) is 59.6 Å². The smallest absolute Gasteiger partial charge is 0.252 e. The zero-order chi connectivity index (χ0) is 19.2. The van der Waals surface area contributed by atoms with Crippen molar-refractivity contribution in [1.29, 1.82) is 0 Å². The van der Waals surface area contributed by atoms with Gasteiger partial charge in [-0.15, -0.1) is 0 Å². The molecule has 0 radical (unpaired) electrons. The van der Waals surface area contributed by atoms with Crippen molar-refractivity contribution in [3.8, 4) is 11.5 Å². The number of carbonyl (C=O) groups is 1. The fourth-order valence-electron chi connectivity index (χ4n) is 2.40. The molecule has 3 aromatic rings. The molecule has 6 heteroatoms. The third-order valence-electron chi connectivity index (χ3n) is 3.81. The number of ether oxygens (including phenoxy) is 2. The van der Waals surface area contributed by atoms with Crippen molar-refractivity contribution in [3.05, 3.63) is 93.5 Å². The van der Waals surface area contributed by atoms with Gasteiger partial charge in [0, 0.05) is 32.8 Å². The fraction of sp³-hybridized carbons (Fsp3) is 0.0952. The maximum Gasteiger partial charge on any atom is 0.252 e. The molecule has 3 aromatic carbocycles. The van der Waals surface area contributed by atoms with Crippen molar-refractivity contribution in [2.45, 2.75) is 13.2 Å². The third kappa shape index (κ3) is 5.39. The van der Waals surface area contributed by atoms with Crippen LogP contribution in [0, 0.1) is 0 Å². The summed E-state index contributed by atoms with van der Waals surface area (Å²) in [6.45, 7) is 0.507. The van der Waals surface area contributed by atoms with Gasteiger partial charge in [0.2, 0.25) is 0 Å². The van der Waals surface area contributed by atoms with Crippen LogP contribution in [0.4, 0.5) is 0 Å². The second-order valence-electron chi connectivity index (χ2n) is 5.73. The zero-order valence-corrected chi connectivity index (χ0v) is 16.4. The summed E-state index contributed by atoms with van der Waals surface area (Å²) in [5, 5.41) is 0.621. The number of rotatable bonds is 7. The van der Waals surface area contributed by atoms with E-state index in [9.17, 15) is 4.79 Å². The van der Waals surface area contributed by atoms with Crippen molar-refractivity contribution < 1.29 is 14.3 Å². The Morgan fingerprint density at radius 2 is 1.19 bits per heavy atom. The molecule has 0 amide bonds. The molecule has 0 spiro atoms. The Labute approximate surface area is 172 Å². The molecule has 0 N–H and O–H groups in total. The van der Waals surface area contributed by atoms with Gasteiger partial charge in [-0.05, 0) is 35.9 Å². The lowest BCUT2D eigenvalue weighted by Crippen LogP contribution is -2.01. The number of hydrogen-bond acceptors (Lipinski definition) is 3. The maximum atomic E-state index is 11.6. The lowest BCUT2D eigenvalue weighted by Gasteiger charge is -2.12. The van der Waals surface area contributed by atoms with Crippen LogP contribution in [0.3, 0.4) is 0 Å². The van der Waals surface area contributed by atoms with Gasteiger partial charge in [-0.3, -0.25) is 4.79 Å². The van der Waals surface area contributed by atoms with Gasteiger partial charge < -0.3 is 9.47 Å². The predicted octanol–water partition coefficient (Wildman–Crippen LogP) is 6.53. The van der Waals surface area contributed by atoms with Gasteiger partial charge in [-0.25, -0.2) is 0 Å². The number of benzene rings is 3. The molecule has 0 atom stereocenters. The van der Waals surface area contributed by atoms with Gasteiger partial charge in [-0.2, -0.15) is 0 Å². The molecule has 0 aliphatic heterocycles. The van der Waals surface area contributed by atoms with Crippen LogP contribution in [0.1, 0.15) is 21.5 Å². The lowest BCUT2D eigenvalue weighted by atomic mass is 10.2. The summed E-state index contributed by atoms with van der Waals surface area (Å²) in [5.74, 6) is 0.908. The molecule has 0 bridgehead atoms. The van der Waals surface area contributed by atoms with E-state index in [-0.39, 0.29) is 18.8 Å². The summed E-state index contributed by atoms with van der Waals surface area (Å²) in [5.41, 5.74) is 1.95. The van der Waals surface area contributed by atoms with E-state index in [0.717, 1.165) is 11.1 Å². The van der Waals surface area contributed by atoms with Crippen LogP contribution in [0.5, 0.6) is 11.5 Å². The molecular weight excluding hydrogens is 407 g/mol. The first-order valence-electron chi connectivity index (χ1n) is 8.10. The Morgan fingerprint density at radius 1 is 0.741 bits per heavy atom. The number of halogens is 3. The van der Waals surface area contributed by atoms with E-state index < -0.39 is 5.24 Å². The minimum Gasteiger partial charge on any atom is -0.489 e. The van der Waals surface area contributed by atoms with E-state index in [1.165, 1.54) is 0 Å². The van der Waals surface area contributed by atoms with Crippen molar-refractivity contribution in [3.63, 3.8) is 0 Å². The number of carbonyl (C=O) groups excluding carboxylic acids is 1. The highest BCUT2D eigenvalue weighted by molar-refractivity contribution is 6.67. The van der Waals surface area contributed by atoms with Crippen LogP contribution in [0.25, 0.3) is 0 Å². The van der Waals surface area contributed by atoms with Gasteiger partial charge in [0.25, 0.3) is 5.24 Å².